The van der Waals surface area contributed by atoms with E-state index in [4.69, 9.17) is 0 Å². The first-order valence-corrected chi connectivity index (χ1v) is 6.54. The number of carbonyl (C=O) groups is 1. The molecule has 19 heavy (non-hydrogen) atoms. The molecule has 1 aliphatic rings. The summed E-state index contributed by atoms with van der Waals surface area (Å²) in [6.07, 6.45) is 0.744. The quantitative estimate of drug-likeness (QED) is 0.803. The summed E-state index contributed by atoms with van der Waals surface area (Å²) in [5.41, 5.74) is 2.91. The molecule has 0 bridgehead atoms. The van der Waals surface area contributed by atoms with Gasteiger partial charge >= 0.3 is 0 Å². The van der Waals surface area contributed by atoms with Crippen molar-refractivity contribution in [2.45, 2.75) is 18.8 Å². The van der Waals surface area contributed by atoms with Gasteiger partial charge in [0.05, 0.1) is 5.41 Å². The summed E-state index contributed by atoms with van der Waals surface area (Å²) in [5.74, 6) is 0.178. The summed E-state index contributed by atoms with van der Waals surface area (Å²) in [6, 6.07) is 18.3. The zero-order valence-corrected chi connectivity index (χ0v) is 11.3. The third-order valence-electron chi connectivity index (χ3n) is 4.04. The average Bonchev–Trinajstić information content (AvgIpc) is 2.63. The van der Waals surface area contributed by atoms with Crippen molar-refractivity contribution in [3.05, 3.63) is 65.7 Å². The number of fused-ring (bicyclic) bond motifs is 1. The van der Waals surface area contributed by atoms with Crippen LogP contribution in [0.5, 0.6) is 0 Å². The standard InChI is InChI=1S/C17H17NO/c1-17(12-13-8-4-3-5-9-13)14-10-6-7-11-15(14)18(2)16(17)19/h3-11H,12H2,1-2H3/t17-/m1/s1. The fourth-order valence-corrected chi connectivity index (χ4v) is 3.00. The molecule has 96 valence electrons. The maximum absolute atomic E-state index is 12.6. The molecule has 1 heterocycles. The van der Waals surface area contributed by atoms with E-state index < -0.39 is 5.41 Å². The Labute approximate surface area is 113 Å². The fraction of sp³-hybridized carbons (Fsp3) is 0.235. The van der Waals surface area contributed by atoms with Crippen LogP contribution in [-0.4, -0.2) is 13.0 Å². The molecule has 2 aromatic carbocycles. The fourth-order valence-electron chi connectivity index (χ4n) is 3.00. The van der Waals surface area contributed by atoms with Gasteiger partial charge < -0.3 is 4.90 Å². The number of likely N-dealkylation sites (N-methyl/N-ethyl adjacent to an activating group) is 1. The van der Waals surface area contributed by atoms with E-state index in [9.17, 15) is 4.79 Å². The molecule has 0 radical (unpaired) electrons. The zero-order chi connectivity index (χ0) is 13.5. The maximum atomic E-state index is 12.6. The molecule has 0 fully saturated rings. The molecule has 1 aliphatic heterocycles. The Morgan fingerprint density at radius 2 is 1.63 bits per heavy atom. The van der Waals surface area contributed by atoms with Crippen LogP contribution < -0.4 is 4.90 Å². The van der Waals surface area contributed by atoms with Crippen LogP contribution >= 0.6 is 0 Å². The second-order valence-corrected chi connectivity index (χ2v) is 5.38. The van der Waals surface area contributed by atoms with Crippen molar-refractivity contribution >= 4 is 11.6 Å². The molecule has 0 unspecified atom stereocenters. The minimum Gasteiger partial charge on any atom is -0.314 e. The first-order valence-electron chi connectivity index (χ1n) is 6.54. The smallest absolute Gasteiger partial charge is 0.237 e. The zero-order valence-electron chi connectivity index (χ0n) is 11.3. The first kappa shape index (κ1) is 12.0. The van der Waals surface area contributed by atoms with E-state index >= 15 is 0 Å². The molecule has 0 saturated carbocycles. The van der Waals surface area contributed by atoms with Gasteiger partial charge in [-0.1, -0.05) is 48.5 Å². The van der Waals surface area contributed by atoms with Crippen LogP contribution in [-0.2, 0) is 16.6 Å². The van der Waals surface area contributed by atoms with Gasteiger partial charge in [-0.3, -0.25) is 4.79 Å². The predicted molar refractivity (Wildman–Crippen MR) is 77.4 cm³/mol. The lowest BCUT2D eigenvalue weighted by molar-refractivity contribution is -0.122. The Morgan fingerprint density at radius 1 is 1.00 bits per heavy atom. The van der Waals surface area contributed by atoms with Crippen molar-refractivity contribution in [3.63, 3.8) is 0 Å². The van der Waals surface area contributed by atoms with Crippen molar-refractivity contribution in [1.29, 1.82) is 0 Å². The molecule has 0 saturated heterocycles. The van der Waals surface area contributed by atoms with Crippen LogP contribution in [0.15, 0.2) is 54.6 Å². The minimum atomic E-state index is -0.452. The van der Waals surface area contributed by atoms with Gasteiger partial charge in [0.15, 0.2) is 0 Å². The topological polar surface area (TPSA) is 20.3 Å². The highest BCUT2D eigenvalue weighted by Gasteiger charge is 2.45. The van der Waals surface area contributed by atoms with Crippen LogP contribution in [0.25, 0.3) is 0 Å². The molecular weight excluding hydrogens is 234 g/mol. The number of hydrogen-bond acceptors (Lipinski definition) is 1. The lowest BCUT2D eigenvalue weighted by atomic mass is 9.78. The van der Waals surface area contributed by atoms with E-state index in [1.807, 2.05) is 50.4 Å². The molecule has 0 spiro atoms. The van der Waals surface area contributed by atoms with Crippen LogP contribution in [0.3, 0.4) is 0 Å². The highest BCUT2D eigenvalue weighted by molar-refractivity contribution is 6.07. The largest absolute Gasteiger partial charge is 0.314 e. The molecular formula is C17H17NO. The van der Waals surface area contributed by atoms with Crippen molar-refractivity contribution in [3.8, 4) is 0 Å². The van der Waals surface area contributed by atoms with Crippen LogP contribution in [0.2, 0.25) is 0 Å². The molecule has 1 amide bonds. The normalized spacial score (nSPS) is 21.6. The van der Waals surface area contributed by atoms with Gasteiger partial charge in [0.1, 0.15) is 0 Å². The summed E-state index contributed by atoms with van der Waals surface area (Å²) in [5, 5.41) is 0. The molecule has 0 aliphatic carbocycles. The van der Waals surface area contributed by atoms with Gasteiger partial charge in [-0.05, 0) is 30.5 Å². The van der Waals surface area contributed by atoms with Gasteiger partial charge in [0, 0.05) is 12.7 Å². The van der Waals surface area contributed by atoms with Crippen molar-refractivity contribution in [1.82, 2.24) is 0 Å². The van der Waals surface area contributed by atoms with Crippen LogP contribution in [0.1, 0.15) is 18.1 Å². The van der Waals surface area contributed by atoms with Crippen molar-refractivity contribution in [2.75, 3.05) is 11.9 Å². The van der Waals surface area contributed by atoms with Gasteiger partial charge in [-0.25, -0.2) is 0 Å². The van der Waals surface area contributed by atoms with Crippen molar-refractivity contribution < 1.29 is 4.79 Å². The highest BCUT2D eigenvalue weighted by atomic mass is 16.2. The number of carbonyl (C=O) groups excluding carboxylic acids is 1. The Morgan fingerprint density at radius 3 is 2.37 bits per heavy atom. The highest BCUT2D eigenvalue weighted by Crippen LogP contribution is 2.42. The molecule has 3 rings (SSSR count). The molecule has 0 N–H and O–H groups in total. The van der Waals surface area contributed by atoms with Gasteiger partial charge in [-0.15, -0.1) is 0 Å². The SMILES string of the molecule is CN1C(=O)[C@](C)(Cc2ccccc2)c2ccccc21. The summed E-state index contributed by atoms with van der Waals surface area (Å²) in [7, 11) is 1.86. The second kappa shape index (κ2) is 4.23. The third kappa shape index (κ3) is 1.75. The molecule has 2 heteroatoms. The Kier molecular flexibility index (Phi) is 2.67. The lowest BCUT2D eigenvalue weighted by Crippen LogP contribution is -2.37. The van der Waals surface area contributed by atoms with E-state index in [1.54, 1.807) is 4.90 Å². The number of amides is 1. The number of nitrogens with zero attached hydrogens (tertiary/aromatic N) is 1. The summed E-state index contributed by atoms with van der Waals surface area (Å²) in [6.45, 7) is 2.05. The number of rotatable bonds is 2. The average molecular weight is 251 g/mol. The monoisotopic (exact) mass is 251 g/mol. The molecule has 1 atom stereocenters. The summed E-state index contributed by atoms with van der Waals surface area (Å²) in [4.78, 5) is 14.4. The van der Waals surface area contributed by atoms with E-state index in [1.165, 1.54) is 5.56 Å². The number of para-hydroxylation sites is 1. The maximum Gasteiger partial charge on any atom is 0.237 e. The van der Waals surface area contributed by atoms with Gasteiger partial charge in [0.25, 0.3) is 0 Å². The Bertz CT molecular complexity index is 620. The van der Waals surface area contributed by atoms with Crippen LogP contribution in [0.4, 0.5) is 5.69 Å². The first-order chi connectivity index (χ1) is 9.13. The van der Waals surface area contributed by atoms with Gasteiger partial charge in [0.2, 0.25) is 5.91 Å². The lowest BCUT2D eigenvalue weighted by Gasteiger charge is -2.23. The van der Waals surface area contributed by atoms with Gasteiger partial charge in [-0.2, -0.15) is 0 Å². The van der Waals surface area contributed by atoms with Crippen molar-refractivity contribution in [2.24, 2.45) is 0 Å². The predicted octanol–water partition coefficient (Wildman–Crippen LogP) is 3.16. The summed E-state index contributed by atoms with van der Waals surface area (Å²) < 4.78 is 0. The molecule has 2 aromatic rings. The molecule has 2 nitrogen and oxygen atoms in total. The number of hydrogen-bond donors (Lipinski definition) is 0. The van der Waals surface area contributed by atoms with E-state index in [-0.39, 0.29) is 5.91 Å². The van der Waals surface area contributed by atoms with E-state index in [0.717, 1.165) is 17.7 Å². The second-order valence-electron chi connectivity index (χ2n) is 5.38. The number of benzene rings is 2. The summed E-state index contributed by atoms with van der Waals surface area (Å²) >= 11 is 0. The van der Waals surface area contributed by atoms with E-state index in [2.05, 4.69) is 18.2 Å². The van der Waals surface area contributed by atoms with E-state index in [0.29, 0.717) is 0 Å². The Hall–Kier alpha value is -2.09. The number of anilines is 1. The molecule has 0 aromatic heterocycles. The Balaban J connectivity index is 2.06. The van der Waals surface area contributed by atoms with Crippen LogP contribution in [0, 0.1) is 0 Å². The third-order valence-corrected chi connectivity index (χ3v) is 4.04. The minimum absolute atomic E-state index is 0.178.